The van der Waals surface area contributed by atoms with Gasteiger partial charge in [0.1, 0.15) is 5.75 Å². The lowest BCUT2D eigenvalue weighted by Crippen LogP contribution is -2.36. The maximum Gasteiger partial charge on any atom is 0.115 e. The second kappa shape index (κ2) is 5.32. The number of hydrogen-bond acceptors (Lipinski definition) is 3. The zero-order valence-electron chi connectivity index (χ0n) is 9.65. The molecule has 0 amide bonds. The first kappa shape index (κ1) is 11.4. The molecule has 0 unspecified atom stereocenters. The van der Waals surface area contributed by atoms with Crippen LogP contribution in [0, 0.1) is 5.92 Å². The topological polar surface area (TPSA) is 41.5 Å². The Morgan fingerprint density at radius 1 is 1.44 bits per heavy atom. The molecule has 0 saturated heterocycles. The Kier molecular flexibility index (Phi) is 3.80. The molecule has 1 aliphatic rings. The third-order valence-electron chi connectivity index (χ3n) is 3.08. The van der Waals surface area contributed by atoms with Crippen LogP contribution < -0.4 is 5.32 Å². The van der Waals surface area contributed by atoms with Gasteiger partial charge in [-0.15, -0.1) is 0 Å². The SMILES string of the molecule is CNCC1CC(OCc2cccc(O)c2)C1. The Labute approximate surface area is 96.4 Å². The first-order valence-electron chi connectivity index (χ1n) is 5.82. The molecular formula is C13H19NO2. The van der Waals surface area contributed by atoms with Crippen molar-refractivity contribution < 1.29 is 9.84 Å². The minimum atomic E-state index is 0.308. The van der Waals surface area contributed by atoms with Crippen LogP contribution in [0.4, 0.5) is 0 Å². The molecule has 1 fully saturated rings. The highest BCUT2D eigenvalue weighted by molar-refractivity contribution is 5.26. The summed E-state index contributed by atoms with van der Waals surface area (Å²) in [4.78, 5) is 0. The molecule has 0 heterocycles. The van der Waals surface area contributed by atoms with E-state index < -0.39 is 0 Å². The summed E-state index contributed by atoms with van der Waals surface area (Å²) < 4.78 is 5.76. The quantitative estimate of drug-likeness (QED) is 0.798. The zero-order valence-corrected chi connectivity index (χ0v) is 9.65. The Hall–Kier alpha value is -1.06. The predicted molar refractivity (Wildman–Crippen MR) is 63.3 cm³/mol. The van der Waals surface area contributed by atoms with E-state index in [2.05, 4.69) is 5.32 Å². The van der Waals surface area contributed by atoms with E-state index in [1.807, 2.05) is 19.2 Å². The Balaban J connectivity index is 1.69. The maximum absolute atomic E-state index is 9.30. The summed E-state index contributed by atoms with van der Waals surface area (Å²) in [6.45, 7) is 1.69. The molecule has 0 aliphatic heterocycles. The highest BCUT2D eigenvalue weighted by Gasteiger charge is 2.28. The van der Waals surface area contributed by atoms with Crippen LogP contribution in [0.2, 0.25) is 0 Å². The monoisotopic (exact) mass is 221 g/mol. The van der Waals surface area contributed by atoms with Crippen LogP contribution in [-0.2, 0) is 11.3 Å². The molecule has 88 valence electrons. The number of nitrogens with one attached hydrogen (secondary N) is 1. The summed E-state index contributed by atoms with van der Waals surface area (Å²) in [7, 11) is 1.99. The number of aromatic hydroxyl groups is 1. The Morgan fingerprint density at radius 2 is 2.25 bits per heavy atom. The lowest BCUT2D eigenvalue weighted by molar-refractivity contribution is -0.0391. The average molecular weight is 221 g/mol. The Bertz CT molecular complexity index is 334. The molecule has 1 aromatic carbocycles. The van der Waals surface area contributed by atoms with E-state index in [0.29, 0.717) is 18.5 Å². The molecule has 0 atom stereocenters. The summed E-state index contributed by atoms with van der Waals surface area (Å²) in [5.41, 5.74) is 1.04. The van der Waals surface area contributed by atoms with E-state index in [9.17, 15) is 5.11 Å². The van der Waals surface area contributed by atoms with Gasteiger partial charge in [0.05, 0.1) is 12.7 Å². The van der Waals surface area contributed by atoms with Gasteiger partial charge in [0, 0.05) is 0 Å². The van der Waals surface area contributed by atoms with Gasteiger partial charge < -0.3 is 15.2 Å². The summed E-state index contributed by atoms with van der Waals surface area (Å²) in [6, 6.07) is 7.25. The molecule has 1 aromatic rings. The number of hydrogen-bond donors (Lipinski definition) is 2. The smallest absolute Gasteiger partial charge is 0.115 e. The molecule has 3 heteroatoms. The van der Waals surface area contributed by atoms with Gasteiger partial charge in [-0.2, -0.15) is 0 Å². The van der Waals surface area contributed by atoms with Gasteiger partial charge in [-0.1, -0.05) is 12.1 Å². The lowest BCUT2D eigenvalue weighted by Gasteiger charge is -2.35. The second-order valence-electron chi connectivity index (χ2n) is 4.50. The van der Waals surface area contributed by atoms with E-state index in [4.69, 9.17) is 4.74 Å². The van der Waals surface area contributed by atoms with Crippen LogP contribution in [0.3, 0.4) is 0 Å². The first-order valence-corrected chi connectivity index (χ1v) is 5.82. The molecule has 0 spiro atoms. The molecule has 1 saturated carbocycles. The molecule has 1 aliphatic carbocycles. The van der Waals surface area contributed by atoms with Crippen molar-refractivity contribution in [3.8, 4) is 5.75 Å². The number of phenols is 1. The first-order chi connectivity index (χ1) is 7.78. The average Bonchev–Trinajstić information content (AvgIpc) is 2.21. The molecule has 2 N–H and O–H groups in total. The fraction of sp³-hybridized carbons (Fsp3) is 0.538. The van der Waals surface area contributed by atoms with Crippen LogP contribution in [0.1, 0.15) is 18.4 Å². The van der Waals surface area contributed by atoms with Crippen molar-refractivity contribution in [3.05, 3.63) is 29.8 Å². The fourth-order valence-corrected chi connectivity index (χ4v) is 2.13. The third kappa shape index (κ3) is 2.97. The van der Waals surface area contributed by atoms with E-state index in [-0.39, 0.29) is 0 Å². The van der Waals surface area contributed by atoms with E-state index in [0.717, 1.165) is 30.9 Å². The lowest BCUT2D eigenvalue weighted by atomic mass is 9.82. The molecule has 0 aromatic heterocycles. The van der Waals surface area contributed by atoms with E-state index in [1.165, 1.54) is 0 Å². The van der Waals surface area contributed by atoms with Crippen molar-refractivity contribution >= 4 is 0 Å². The van der Waals surface area contributed by atoms with Crippen LogP contribution in [0.25, 0.3) is 0 Å². The summed E-state index contributed by atoms with van der Waals surface area (Å²) in [5, 5.41) is 12.5. The van der Waals surface area contributed by atoms with Gasteiger partial charge in [-0.25, -0.2) is 0 Å². The molecule has 0 bridgehead atoms. The standard InChI is InChI=1S/C13H19NO2/c1-14-8-11-6-13(7-11)16-9-10-3-2-4-12(15)5-10/h2-5,11,13-15H,6-9H2,1H3. The highest BCUT2D eigenvalue weighted by Crippen LogP contribution is 2.30. The van der Waals surface area contributed by atoms with Gasteiger partial charge in [-0.05, 0) is 50.0 Å². The van der Waals surface area contributed by atoms with Crippen molar-refractivity contribution in [2.45, 2.75) is 25.6 Å². The molecule has 2 rings (SSSR count). The molecule has 0 radical (unpaired) electrons. The maximum atomic E-state index is 9.30. The van der Waals surface area contributed by atoms with E-state index in [1.54, 1.807) is 12.1 Å². The van der Waals surface area contributed by atoms with Crippen LogP contribution >= 0.6 is 0 Å². The van der Waals surface area contributed by atoms with Gasteiger partial charge in [0.15, 0.2) is 0 Å². The van der Waals surface area contributed by atoms with Gasteiger partial charge in [0.2, 0.25) is 0 Å². The van der Waals surface area contributed by atoms with Crippen LogP contribution in [-0.4, -0.2) is 24.8 Å². The van der Waals surface area contributed by atoms with E-state index >= 15 is 0 Å². The molecule has 16 heavy (non-hydrogen) atoms. The normalized spacial score (nSPS) is 24.1. The summed E-state index contributed by atoms with van der Waals surface area (Å²) in [6.07, 6.45) is 2.71. The third-order valence-corrected chi connectivity index (χ3v) is 3.08. The molecule has 3 nitrogen and oxygen atoms in total. The van der Waals surface area contributed by atoms with Crippen molar-refractivity contribution in [2.24, 2.45) is 5.92 Å². The number of ether oxygens (including phenoxy) is 1. The van der Waals surface area contributed by atoms with Crippen molar-refractivity contribution in [2.75, 3.05) is 13.6 Å². The van der Waals surface area contributed by atoms with Crippen molar-refractivity contribution in [3.63, 3.8) is 0 Å². The number of benzene rings is 1. The van der Waals surface area contributed by atoms with Crippen LogP contribution in [0.5, 0.6) is 5.75 Å². The fourth-order valence-electron chi connectivity index (χ4n) is 2.13. The van der Waals surface area contributed by atoms with Crippen molar-refractivity contribution in [1.82, 2.24) is 5.32 Å². The zero-order chi connectivity index (χ0) is 11.4. The highest BCUT2D eigenvalue weighted by atomic mass is 16.5. The largest absolute Gasteiger partial charge is 0.508 e. The minimum Gasteiger partial charge on any atom is -0.508 e. The summed E-state index contributed by atoms with van der Waals surface area (Å²) >= 11 is 0. The predicted octanol–water partition coefficient (Wildman–Crippen LogP) is 1.91. The second-order valence-corrected chi connectivity index (χ2v) is 4.50. The number of rotatable bonds is 5. The van der Waals surface area contributed by atoms with Gasteiger partial charge in [0.25, 0.3) is 0 Å². The molecular weight excluding hydrogens is 202 g/mol. The van der Waals surface area contributed by atoms with Gasteiger partial charge in [-0.3, -0.25) is 0 Å². The minimum absolute atomic E-state index is 0.308. The number of phenolic OH excluding ortho intramolecular Hbond substituents is 1. The van der Waals surface area contributed by atoms with Crippen molar-refractivity contribution in [1.29, 1.82) is 0 Å². The summed E-state index contributed by atoms with van der Waals surface area (Å²) in [5.74, 6) is 1.09. The Morgan fingerprint density at radius 3 is 2.94 bits per heavy atom. The van der Waals surface area contributed by atoms with Gasteiger partial charge >= 0.3 is 0 Å². The van der Waals surface area contributed by atoms with Crippen LogP contribution in [0.15, 0.2) is 24.3 Å².